The maximum Gasteiger partial charge on any atom is 0.235 e. The predicted octanol–water partition coefficient (Wildman–Crippen LogP) is -0.126. The van der Waals surface area contributed by atoms with Gasteiger partial charge in [0.1, 0.15) is 5.21 Å². The third kappa shape index (κ3) is 7.11. The highest BCUT2D eigenvalue weighted by atomic mass is 35.5. The molecule has 0 aliphatic rings. The fourth-order valence-corrected chi connectivity index (χ4v) is 1.25. The molecule has 0 radical (unpaired) electrons. The molecule has 84 valence electrons. The molecule has 1 amide bonds. The molecule has 2 N–H and O–H groups in total. The molecule has 0 aromatic heterocycles. The SMILES string of the molecule is CC(C)CNC(=O)CNS(=O)(=O)CCl. The second kappa shape index (κ2) is 6.21. The molecule has 0 aliphatic heterocycles. The second-order valence-corrected chi connectivity index (χ2v) is 5.63. The Morgan fingerprint density at radius 2 is 2.00 bits per heavy atom. The van der Waals surface area contributed by atoms with Crippen molar-refractivity contribution in [2.45, 2.75) is 13.8 Å². The lowest BCUT2D eigenvalue weighted by Crippen LogP contribution is -2.38. The Bertz CT molecular complexity index is 277. The Morgan fingerprint density at radius 1 is 1.43 bits per heavy atom. The normalized spacial score (nSPS) is 11.7. The van der Waals surface area contributed by atoms with Crippen molar-refractivity contribution in [3.8, 4) is 0 Å². The van der Waals surface area contributed by atoms with Crippen molar-refractivity contribution in [3.05, 3.63) is 0 Å². The molecular formula is C7H15ClN2O3S. The van der Waals surface area contributed by atoms with Crippen molar-refractivity contribution >= 4 is 27.5 Å². The van der Waals surface area contributed by atoms with Crippen LogP contribution >= 0.6 is 11.6 Å². The highest BCUT2D eigenvalue weighted by Crippen LogP contribution is 1.88. The number of halogens is 1. The highest BCUT2D eigenvalue weighted by molar-refractivity contribution is 7.90. The van der Waals surface area contributed by atoms with Crippen molar-refractivity contribution in [2.24, 2.45) is 5.92 Å². The molecule has 0 aliphatic carbocycles. The number of hydrogen-bond donors (Lipinski definition) is 2. The number of hydrogen-bond acceptors (Lipinski definition) is 3. The van der Waals surface area contributed by atoms with Crippen LogP contribution in [0.1, 0.15) is 13.8 Å². The molecule has 0 heterocycles. The lowest BCUT2D eigenvalue weighted by atomic mass is 10.2. The number of carbonyl (C=O) groups excluding carboxylic acids is 1. The van der Waals surface area contributed by atoms with Crippen molar-refractivity contribution in [3.63, 3.8) is 0 Å². The standard InChI is InChI=1S/C7H15ClN2O3S/c1-6(2)3-9-7(11)4-10-14(12,13)5-8/h6,10H,3-5H2,1-2H3,(H,9,11). The summed E-state index contributed by atoms with van der Waals surface area (Å²) < 4.78 is 23.7. The average Bonchev–Trinajstić information content (AvgIpc) is 2.11. The van der Waals surface area contributed by atoms with E-state index in [4.69, 9.17) is 11.6 Å². The summed E-state index contributed by atoms with van der Waals surface area (Å²) >= 11 is 5.12. The zero-order valence-electron chi connectivity index (χ0n) is 8.21. The summed E-state index contributed by atoms with van der Waals surface area (Å²) in [4.78, 5) is 11.0. The van der Waals surface area contributed by atoms with Crippen molar-refractivity contribution in [1.82, 2.24) is 10.0 Å². The summed E-state index contributed by atoms with van der Waals surface area (Å²) in [6.45, 7) is 4.16. The first kappa shape index (κ1) is 13.7. The van der Waals surface area contributed by atoms with Crippen LogP contribution in [0, 0.1) is 5.92 Å². The smallest absolute Gasteiger partial charge is 0.235 e. The van der Waals surface area contributed by atoms with E-state index in [1.807, 2.05) is 13.8 Å². The van der Waals surface area contributed by atoms with E-state index in [1.165, 1.54) is 0 Å². The summed E-state index contributed by atoms with van der Waals surface area (Å²) in [7, 11) is -3.50. The first-order chi connectivity index (χ1) is 6.37. The lowest BCUT2D eigenvalue weighted by molar-refractivity contribution is -0.120. The molecule has 0 atom stereocenters. The van der Waals surface area contributed by atoms with Crippen LogP contribution in [0.15, 0.2) is 0 Å². The number of rotatable bonds is 6. The van der Waals surface area contributed by atoms with Gasteiger partial charge in [-0.05, 0) is 5.92 Å². The molecule has 0 saturated heterocycles. The topological polar surface area (TPSA) is 75.3 Å². The number of alkyl halides is 1. The Morgan fingerprint density at radius 3 is 2.43 bits per heavy atom. The van der Waals surface area contributed by atoms with Crippen LogP contribution in [0.4, 0.5) is 0 Å². The summed E-state index contributed by atoms with van der Waals surface area (Å²) in [5.74, 6) is -0.0176. The number of amides is 1. The van der Waals surface area contributed by atoms with Gasteiger partial charge in [0.25, 0.3) is 0 Å². The molecule has 14 heavy (non-hydrogen) atoms. The minimum atomic E-state index is -3.50. The van der Waals surface area contributed by atoms with Crippen LogP contribution in [0.5, 0.6) is 0 Å². The number of nitrogens with one attached hydrogen (secondary N) is 2. The lowest BCUT2D eigenvalue weighted by Gasteiger charge is -2.07. The molecule has 0 saturated carbocycles. The van der Waals surface area contributed by atoms with Gasteiger partial charge in [0, 0.05) is 6.54 Å². The minimum Gasteiger partial charge on any atom is -0.355 e. The van der Waals surface area contributed by atoms with E-state index < -0.39 is 15.2 Å². The van der Waals surface area contributed by atoms with Gasteiger partial charge in [0.05, 0.1) is 6.54 Å². The van der Waals surface area contributed by atoms with Crippen molar-refractivity contribution < 1.29 is 13.2 Å². The van der Waals surface area contributed by atoms with Crippen molar-refractivity contribution in [2.75, 3.05) is 18.3 Å². The maximum absolute atomic E-state index is 11.0. The predicted molar refractivity (Wildman–Crippen MR) is 55.5 cm³/mol. The molecule has 0 unspecified atom stereocenters. The van der Waals surface area contributed by atoms with Gasteiger partial charge < -0.3 is 5.32 Å². The van der Waals surface area contributed by atoms with Gasteiger partial charge in [-0.25, -0.2) is 13.1 Å². The van der Waals surface area contributed by atoms with E-state index >= 15 is 0 Å². The molecular weight excluding hydrogens is 228 g/mol. The van der Waals surface area contributed by atoms with Crippen LogP contribution in [0.25, 0.3) is 0 Å². The van der Waals surface area contributed by atoms with Gasteiger partial charge in [0.15, 0.2) is 0 Å². The molecule has 0 aromatic rings. The summed E-state index contributed by atoms with van der Waals surface area (Å²) in [5, 5.41) is 2.03. The molecule has 0 spiro atoms. The van der Waals surface area contributed by atoms with Crippen LogP contribution in [-0.2, 0) is 14.8 Å². The molecule has 5 nitrogen and oxygen atoms in total. The molecule has 0 bridgehead atoms. The van der Waals surface area contributed by atoms with E-state index in [-0.39, 0.29) is 12.5 Å². The van der Waals surface area contributed by atoms with E-state index in [1.54, 1.807) is 0 Å². The average molecular weight is 243 g/mol. The van der Waals surface area contributed by atoms with Crippen LogP contribution in [0.2, 0.25) is 0 Å². The quantitative estimate of drug-likeness (QED) is 0.638. The second-order valence-electron chi connectivity index (χ2n) is 3.24. The summed E-state index contributed by atoms with van der Waals surface area (Å²) in [6, 6.07) is 0. The minimum absolute atomic E-state index is 0.262. The molecule has 0 aromatic carbocycles. The third-order valence-corrected chi connectivity index (χ3v) is 3.04. The maximum atomic E-state index is 11.0. The van der Waals surface area contributed by atoms with Gasteiger partial charge in [-0.1, -0.05) is 13.8 Å². The fraction of sp³-hybridized carbons (Fsp3) is 0.857. The number of sulfonamides is 1. The van der Waals surface area contributed by atoms with Gasteiger partial charge in [-0.15, -0.1) is 11.6 Å². The molecule has 0 rings (SSSR count). The van der Waals surface area contributed by atoms with E-state index in [0.29, 0.717) is 12.5 Å². The fourth-order valence-electron chi connectivity index (χ4n) is 0.595. The highest BCUT2D eigenvalue weighted by Gasteiger charge is 2.10. The van der Waals surface area contributed by atoms with E-state index in [0.717, 1.165) is 0 Å². The zero-order chi connectivity index (χ0) is 11.2. The molecule has 0 fully saturated rings. The van der Waals surface area contributed by atoms with Crippen LogP contribution < -0.4 is 10.0 Å². The van der Waals surface area contributed by atoms with Gasteiger partial charge in [-0.3, -0.25) is 4.79 Å². The van der Waals surface area contributed by atoms with Gasteiger partial charge in [0.2, 0.25) is 15.9 Å². The van der Waals surface area contributed by atoms with Gasteiger partial charge in [-0.2, -0.15) is 0 Å². The monoisotopic (exact) mass is 242 g/mol. The summed E-state index contributed by atoms with van der Waals surface area (Å²) in [5.41, 5.74) is 0. The largest absolute Gasteiger partial charge is 0.355 e. The van der Waals surface area contributed by atoms with E-state index in [2.05, 4.69) is 10.0 Å². The van der Waals surface area contributed by atoms with Crippen LogP contribution in [-0.4, -0.2) is 32.6 Å². The Hall–Kier alpha value is -0.330. The van der Waals surface area contributed by atoms with Gasteiger partial charge >= 0.3 is 0 Å². The Kier molecular flexibility index (Phi) is 6.06. The Balaban J connectivity index is 3.75. The third-order valence-electron chi connectivity index (χ3n) is 1.30. The van der Waals surface area contributed by atoms with Crippen molar-refractivity contribution in [1.29, 1.82) is 0 Å². The molecule has 7 heteroatoms. The zero-order valence-corrected chi connectivity index (χ0v) is 9.78. The summed E-state index contributed by atoms with van der Waals surface area (Å²) in [6.07, 6.45) is 0. The first-order valence-electron chi connectivity index (χ1n) is 4.17. The van der Waals surface area contributed by atoms with E-state index in [9.17, 15) is 13.2 Å². The first-order valence-corrected chi connectivity index (χ1v) is 6.36. The van der Waals surface area contributed by atoms with Crippen LogP contribution in [0.3, 0.4) is 0 Å². The Labute approximate surface area is 89.3 Å². The number of carbonyl (C=O) groups is 1.